The number of rotatable bonds is 1. The van der Waals surface area contributed by atoms with E-state index in [-0.39, 0.29) is 10.6 Å². The van der Waals surface area contributed by atoms with Gasteiger partial charge in [0.15, 0.2) is 0 Å². The van der Waals surface area contributed by atoms with Gasteiger partial charge in [0.05, 0.1) is 12.1 Å². The number of aromatic nitrogens is 1. The average Bonchev–Trinajstić information content (AvgIpc) is 2.08. The van der Waals surface area contributed by atoms with E-state index in [2.05, 4.69) is 9.72 Å². The summed E-state index contributed by atoms with van der Waals surface area (Å²) in [4.78, 5) is 24.1. The molecular weight excluding hydrogens is 182 g/mol. The Bertz CT molecular complexity index is 358. The molecule has 5 heteroatoms. The summed E-state index contributed by atoms with van der Waals surface area (Å²) in [5.41, 5.74) is -0.601. The van der Waals surface area contributed by atoms with Crippen molar-refractivity contribution in [2.24, 2.45) is 0 Å². The third-order valence-corrected chi connectivity index (χ3v) is 1.49. The van der Waals surface area contributed by atoms with E-state index >= 15 is 0 Å². The number of ether oxygens (including phenoxy) is 1. The second-order valence-electron chi connectivity index (χ2n) is 2.05. The Hall–Kier alpha value is -1.29. The van der Waals surface area contributed by atoms with Gasteiger partial charge in [-0.2, -0.15) is 0 Å². The number of H-pyrrole nitrogens is 1. The van der Waals surface area contributed by atoms with E-state index in [1.165, 1.54) is 19.4 Å². The number of methoxy groups -OCH3 is 1. The molecule has 4 nitrogen and oxygen atoms in total. The Balaban J connectivity index is 3.23. The van der Waals surface area contributed by atoms with Crippen molar-refractivity contribution in [2.75, 3.05) is 7.11 Å². The molecule has 1 aromatic heterocycles. The normalized spacial score (nSPS) is 9.50. The number of carbonyl (C=O) groups excluding carboxylic acids is 1. The summed E-state index contributed by atoms with van der Waals surface area (Å²) in [5.74, 6) is -0.696. The van der Waals surface area contributed by atoms with Gasteiger partial charge in [-0.3, -0.25) is 4.79 Å². The van der Waals surface area contributed by atoms with E-state index in [1.807, 2.05) is 0 Å². The minimum absolute atomic E-state index is 0.0926. The largest absolute Gasteiger partial charge is 0.465 e. The van der Waals surface area contributed by atoms with Gasteiger partial charge in [-0.1, -0.05) is 11.6 Å². The summed E-state index contributed by atoms with van der Waals surface area (Å²) < 4.78 is 4.35. The van der Waals surface area contributed by atoms with Crippen LogP contribution >= 0.6 is 11.6 Å². The third-order valence-electron chi connectivity index (χ3n) is 1.27. The topological polar surface area (TPSA) is 59.2 Å². The summed E-state index contributed by atoms with van der Waals surface area (Å²) in [6, 6.07) is 1.26. The molecule has 0 fully saturated rings. The molecular formula is C7H6ClNO3. The molecule has 0 aliphatic rings. The molecule has 0 atom stereocenters. The molecule has 1 aromatic rings. The number of hydrogen-bond acceptors (Lipinski definition) is 3. The standard InChI is InChI=1S/C7H6ClNO3/c1-12-7(11)5-2-4(8)3-9-6(5)10/h2-3H,1H3,(H,9,10). The lowest BCUT2D eigenvalue weighted by Gasteiger charge is -1.96. The highest BCUT2D eigenvalue weighted by molar-refractivity contribution is 6.30. The highest BCUT2D eigenvalue weighted by atomic mass is 35.5. The molecule has 0 unspecified atom stereocenters. The number of esters is 1. The average molecular weight is 188 g/mol. The van der Waals surface area contributed by atoms with E-state index < -0.39 is 11.5 Å². The minimum atomic E-state index is -0.696. The zero-order valence-electron chi connectivity index (χ0n) is 6.26. The van der Waals surface area contributed by atoms with Crippen LogP contribution in [-0.4, -0.2) is 18.1 Å². The lowest BCUT2D eigenvalue weighted by Crippen LogP contribution is -2.17. The van der Waals surface area contributed by atoms with Gasteiger partial charge in [-0.05, 0) is 6.07 Å². The second kappa shape index (κ2) is 3.40. The van der Waals surface area contributed by atoms with Crippen LogP contribution in [0.2, 0.25) is 5.02 Å². The highest BCUT2D eigenvalue weighted by Gasteiger charge is 2.10. The zero-order chi connectivity index (χ0) is 9.14. The van der Waals surface area contributed by atoms with Gasteiger partial charge in [-0.25, -0.2) is 4.79 Å². The maximum Gasteiger partial charge on any atom is 0.343 e. The summed E-state index contributed by atoms with van der Waals surface area (Å²) >= 11 is 5.54. The van der Waals surface area contributed by atoms with Crippen LogP contribution < -0.4 is 5.56 Å². The number of hydrogen-bond donors (Lipinski definition) is 1. The van der Waals surface area contributed by atoms with Crippen molar-refractivity contribution in [2.45, 2.75) is 0 Å². The quantitative estimate of drug-likeness (QED) is 0.662. The fourth-order valence-electron chi connectivity index (χ4n) is 0.719. The van der Waals surface area contributed by atoms with Crippen LogP contribution in [0, 0.1) is 0 Å². The van der Waals surface area contributed by atoms with Gasteiger partial charge in [-0.15, -0.1) is 0 Å². The smallest absolute Gasteiger partial charge is 0.343 e. The van der Waals surface area contributed by atoms with Crippen molar-refractivity contribution >= 4 is 17.6 Å². The first-order chi connectivity index (χ1) is 5.65. The summed E-state index contributed by atoms with van der Waals surface area (Å²) in [6.07, 6.45) is 1.30. The van der Waals surface area contributed by atoms with Crippen molar-refractivity contribution in [3.8, 4) is 0 Å². The molecule has 1 rings (SSSR count). The van der Waals surface area contributed by atoms with Crippen LogP contribution in [0.3, 0.4) is 0 Å². The van der Waals surface area contributed by atoms with Crippen LogP contribution in [-0.2, 0) is 4.74 Å². The lowest BCUT2D eigenvalue weighted by molar-refractivity contribution is 0.0598. The minimum Gasteiger partial charge on any atom is -0.465 e. The van der Waals surface area contributed by atoms with E-state index in [0.29, 0.717) is 0 Å². The van der Waals surface area contributed by atoms with Crippen molar-refractivity contribution in [3.63, 3.8) is 0 Å². The molecule has 0 bridgehead atoms. The zero-order valence-corrected chi connectivity index (χ0v) is 7.01. The first-order valence-electron chi connectivity index (χ1n) is 3.11. The predicted molar refractivity (Wildman–Crippen MR) is 43.4 cm³/mol. The molecule has 64 valence electrons. The Morgan fingerprint density at radius 3 is 2.92 bits per heavy atom. The SMILES string of the molecule is COC(=O)c1cc(Cl)c[nH]c1=O. The molecule has 0 saturated heterocycles. The molecule has 1 N–H and O–H groups in total. The number of carbonyl (C=O) groups is 1. The van der Waals surface area contributed by atoms with E-state index in [9.17, 15) is 9.59 Å². The summed E-state index contributed by atoms with van der Waals surface area (Å²) in [7, 11) is 1.20. The summed E-state index contributed by atoms with van der Waals surface area (Å²) in [5, 5.41) is 0.287. The maximum absolute atomic E-state index is 11.0. The Labute approximate surface area is 73.1 Å². The molecule has 0 spiro atoms. The predicted octanol–water partition coefficient (Wildman–Crippen LogP) is 0.815. The second-order valence-corrected chi connectivity index (χ2v) is 2.49. The van der Waals surface area contributed by atoms with Crippen molar-refractivity contribution in [3.05, 3.63) is 33.2 Å². The van der Waals surface area contributed by atoms with Crippen LogP contribution in [0.5, 0.6) is 0 Å². The van der Waals surface area contributed by atoms with Gasteiger partial charge < -0.3 is 9.72 Å². The fourth-order valence-corrected chi connectivity index (χ4v) is 0.883. The molecule has 0 amide bonds. The van der Waals surface area contributed by atoms with Crippen LogP contribution in [0.1, 0.15) is 10.4 Å². The highest BCUT2D eigenvalue weighted by Crippen LogP contribution is 2.05. The monoisotopic (exact) mass is 187 g/mol. The van der Waals surface area contributed by atoms with Crippen LogP contribution in [0.4, 0.5) is 0 Å². The molecule has 12 heavy (non-hydrogen) atoms. The number of aromatic amines is 1. The first-order valence-corrected chi connectivity index (χ1v) is 3.49. The molecule has 0 aliphatic heterocycles. The van der Waals surface area contributed by atoms with E-state index in [4.69, 9.17) is 11.6 Å². The molecule has 0 aromatic carbocycles. The Morgan fingerprint density at radius 2 is 2.33 bits per heavy atom. The van der Waals surface area contributed by atoms with Gasteiger partial charge in [0.1, 0.15) is 5.56 Å². The molecule has 0 radical (unpaired) electrons. The fraction of sp³-hybridized carbons (Fsp3) is 0.143. The first kappa shape index (κ1) is 8.80. The molecule has 1 heterocycles. The van der Waals surface area contributed by atoms with Gasteiger partial charge in [0, 0.05) is 6.20 Å². The number of pyridine rings is 1. The van der Waals surface area contributed by atoms with Gasteiger partial charge in [0.25, 0.3) is 5.56 Å². The van der Waals surface area contributed by atoms with Gasteiger partial charge in [0.2, 0.25) is 0 Å². The lowest BCUT2D eigenvalue weighted by atomic mass is 10.3. The number of nitrogens with one attached hydrogen (secondary N) is 1. The Kier molecular flexibility index (Phi) is 2.50. The van der Waals surface area contributed by atoms with E-state index in [1.54, 1.807) is 0 Å². The van der Waals surface area contributed by atoms with Gasteiger partial charge >= 0.3 is 5.97 Å². The van der Waals surface area contributed by atoms with Crippen LogP contribution in [0.15, 0.2) is 17.1 Å². The van der Waals surface area contributed by atoms with Crippen molar-refractivity contribution in [1.29, 1.82) is 0 Å². The van der Waals surface area contributed by atoms with Crippen molar-refractivity contribution in [1.82, 2.24) is 4.98 Å². The third kappa shape index (κ3) is 1.65. The van der Waals surface area contributed by atoms with Crippen molar-refractivity contribution < 1.29 is 9.53 Å². The molecule has 0 saturated carbocycles. The Morgan fingerprint density at radius 1 is 1.67 bits per heavy atom. The number of halogens is 1. The van der Waals surface area contributed by atoms with Crippen LogP contribution in [0.25, 0.3) is 0 Å². The maximum atomic E-state index is 11.0. The summed E-state index contributed by atoms with van der Waals surface area (Å²) in [6.45, 7) is 0. The molecule has 0 aliphatic carbocycles. The van der Waals surface area contributed by atoms with E-state index in [0.717, 1.165) is 0 Å².